The van der Waals surface area contributed by atoms with Gasteiger partial charge in [0.2, 0.25) is 0 Å². The molecule has 2 rings (SSSR count). The molecule has 0 saturated heterocycles. The minimum absolute atomic E-state index is 0.0370. The molecule has 0 aliphatic carbocycles. The zero-order valence-corrected chi connectivity index (χ0v) is 13.0. The van der Waals surface area contributed by atoms with E-state index in [1.54, 1.807) is 19.9 Å². The molecular formula is C15H14BrNO3. The predicted molar refractivity (Wildman–Crippen MR) is 81.3 cm³/mol. The van der Waals surface area contributed by atoms with E-state index in [1.165, 1.54) is 6.07 Å². The summed E-state index contributed by atoms with van der Waals surface area (Å²) in [6.07, 6.45) is 0. The van der Waals surface area contributed by atoms with Gasteiger partial charge in [0.15, 0.2) is 5.43 Å². The van der Waals surface area contributed by atoms with Crippen LogP contribution in [-0.2, 0) is 0 Å². The highest BCUT2D eigenvalue weighted by atomic mass is 79.9. The molecule has 104 valence electrons. The smallest absolute Gasteiger partial charge is 0.263 e. The summed E-state index contributed by atoms with van der Waals surface area (Å²) in [4.78, 5) is 24.2. The van der Waals surface area contributed by atoms with Crippen molar-refractivity contribution in [1.82, 2.24) is 0 Å². The SMILES string of the molecule is Cc1cc(=O)c(C(=O)Nc2cc(Br)ccc2C)c(C)o1. The predicted octanol–water partition coefficient (Wildman–Crippen LogP) is 3.58. The minimum Gasteiger partial charge on any atom is -0.466 e. The third kappa shape index (κ3) is 2.99. The average Bonchev–Trinajstić information content (AvgIpc) is 2.32. The van der Waals surface area contributed by atoms with Gasteiger partial charge in [0.25, 0.3) is 5.91 Å². The van der Waals surface area contributed by atoms with E-state index in [0.717, 1.165) is 10.0 Å². The Bertz CT molecular complexity index is 734. The van der Waals surface area contributed by atoms with Crippen molar-refractivity contribution in [3.63, 3.8) is 0 Å². The summed E-state index contributed by atoms with van der Waals surface area (Å²) in [6, 6.07) is 6.87. The molecule has 1 aromatic carbocycles. The van der Waals surface area contributed by atoms with E-state index < -0.39 is 5.91 Å². The maximum absolute atomic E-state index is 12.2. The number of rotatable bonds is 2. The second-order valence-corrected chi connectivity index (χ2v) is 5.48. The summed E-state index contributed by atoms with van der Waals surface area (Å²) < 4.78 is 6.18. The van der Waals surface area contributed by atoms with Crippen molar-refractivity contribution in [2.24, 2.45) is 0 Å². The molecule has 0 aliphatic rings. The van der Waals surface area contributed by atoms with E-state index >= 15 is 0 Å². The Hall–Kier alpha value is -1.88. The van der Waals surface area contributed by atoms with E-state index in [0.29, 0.717) is 17.2 Å². The Labute approximate surface area is 124 Å². The number of anilines is 1. The Balaban J connectivity index is 2.38. The lowest BCUT2D eigenvalue weighted by Crippen LogP contribution is -2.23. The topological polar surface area (TPSA) is 59.3 Å². The number of amides is 1. The van der Waals surface area contributed by atoms with Crippen molar-refractivity contribution < 1.29 is 9.21 Å². The van der Waals surface area contributed by atoms with Gasteiger partial charge in [-0.1, -0.05) is 22.0 Å². The number of hydrogen-bond acceptors (Lipinski definition) is 3. The van der Waals surface area contributed by atoms with Crippen LogP contribution in [-0.4, -0.2) is 5.91 Å². The van der Waals surface area contributed by atoms with Crippen molar-refractivity contribution in [2.45, 2.75) is 20.8 Å². The van der Waals surface area contributed by atoms with Crippen LogP contribution >= 0.6 is 15.9 Å². The van der Waals surface area contributed by atoms with Crippen molar-refractivity contribution in [2.75, 3.05) is 5.32 Å². The maximum Gasteiger partial charge on any atom is 0.263 e. The number of carbonyl (C=O) groups is 1. The molecule has 0 saturated carbocycles. The Kier molecular flexibility index (Phi) is 4.09. The van der Waals surface area contributed by atoms with E-state index in [4.69, 9.17) is 4.42 Å². The van der Waals surface area contributed by atoms with Gasteiger partial charge in [0.1, 0.15) is 17.1 Å². The number of benzene rings is 1. The Morgan fingerprint density at radius 1 is 1.20 bits per heavy atom. The molecule has 1 aromatic heterocycles. The van der Waals surface area contributed by atoms with Gasteiger partial charge < -0.3 is 9.73 Å². The van der Waals surface area contributed by atoms with Crippen LogP contribution in [0.25, 0.3) is 0 Å². The van der Waals surface area contributed by atoms with Gasteiger partial charge in [-0.15, -0.1) is 0 Å². The first-order valence-electron chi connectivity index (χ1n) is 6.07. The monoisotopic (exact) mass is 335 g/mol. The molecule has 0 aliphatic heterocycles. The lowest BCUT2D eigenvalue weighted by atomic mass is 10.1. The van der Waals surface area contributed by atoms with Crippen molar-refractivity contribution >= 4 is 27.5 Å². The van der Waals surface area contributed by atoms with Crippen LogP contribution in [0.2, 0.25) is 0 Å². The number of nitrogens with one attached hydrogen (secondary N) is 1. The molecule has 0 atom stereocenters. The van der Waals surface area contributed by atoms with Crippen LogP contribution in [0, 0.1) is 20.8 Å². The van der Waals surface area contributed by atoms with Gasteiger partial charge in [0, 0.05) is 16.2 Å². The fourth-order valence-electron chi connectivity index (χ4n) is 1.94. The Morgan fingerprint density at radius 3 is 2.55 bits per heavy atom. The van der Waals surface area contributed by atoms with Crippen LogP contribution in [0.3, 0.4) is 0 Å². The second-order valence-electron chi connectivity index (χ2n) is 4.57. The summed E-state index contributed by atoms with van der Waals surface area (Å²) in [5, 5.41) is 2.74. The standard InChI is InChI=1S/C15H14BrNO3/c1-8-4-5-11(16)7-12(8)17-15(19)14-10(3)20-9(2)6-13(14)18/h4-7H,1-3H3,(H,17,19). The second kappa shape index (κ2) is 5.63. The fraction of sp³-hybridized carbons (Fsp3) is 0.200. The molecule has 5 heteroatoms. The van der Waals surface area contributed by atoms with Gasteiger partial charge in [0.05, 0.1) is 0 Å². The van der Waals surface area contributed by atoms with Crippen molar-refractivity contribution in [1.29, 1.82) is 0 Å². The molecule has 0 fully saturated rings. The van der Waals surface area contributed by atoms with Gasteiger partial charge in [-0.3, -0.25) is 9.59 Å². The summed E-state index contributed by atoms with van der Waals surface area (Å²) >= 11 is 3.35. The van der Waals surface area contributed by atoms with Crippen molar-refractivity contribution in [3.05, 3.63) is 61.6 Å². The molecule has 4 nitrogen and oxygen atoms in total. The van der Waals surface area contributed by atoms with Crippen molar-refractivity contribution in [3.8, 4) is 0 Å². The van der Waals surface area contributed by atoms with E-state index in [9.17, 15) is 9.59 Å². The highest BCUT2D eigenvalue weighted by Gasteiger charge is 2.16. The van der Waals surface area contributed by atoms with Crippen LogP contribution in [0.1, 0.15) is 27.4 Å². The first-order chi connectivity index (χ1) is 9.38. The molecule has 0 bridgehead atoms. The molecule has 1 N–H and O–H groups in total. The number of carbonyl (C=O) groups excluding carboxylic acids is 1. The van der Waals surface area contributed by atoms with Crippen LogP contribution in [0.15, 0.2) is 37.9 Å². The molecular weight excluding hydrogens is 322 g/mol. The molecule has 0 radical (unpaired) electrons. The first kappa shape index (κ1) is 14.5. The van der Waals surface area contributed by atoms with Crippen LogP contribution < -0.4 is 10.7 Å². The molecule has 1 amide bonds. The van der Waals surface area contributed by atoms with E-state index in [-0.39, 0.29) is 11.0 Å². The quantitative estimate of drug-likeness (QED) is 0.912. The van der Waals surface area contributed by atoms with E-state index in [1.807, 2.05) is 19.1 Å². The van der Waals surface area contributed by atoms with Gasteiger partial charge in [-0.2, -0.15) is 0 Å². The minimum atomic E-state index is -0.461. The average molecular weight is 336 g/mol. The van der Waals surface area contributed by atoms with Crippen LogP contribution in [0.4, 0.5) is 5.69 Å². The highest BCUT2D eigenvalue weighted by molar-refractivity contribution is 9.10. The van der Waals surface area contributed by atoms with E-state index in [2.05, 4.69) is 21.2 Å². The number of halogens is 1. The third-order valence-electron chi connectivity index (χ3n) is 2.92. The molecule has 1 heterocycles. The Morgan fingerprint density at radius 2 is 1.90 bits per heavy atom. The normalized spacial score (nSPS) is 10.4. The first-order valence-corrected chi connectivity index (χ1v) is 6.86. The zero-order valence-electron chi connectivity index (χ0n) is 11.4. The lowest BCUT2D eigenvalue weighted by molar-refractivity contribution is 0.102. The van der Waals surface area contributed by atoms with Crippen LogP contribution in [0.5, 0.6) is 0 Å². The summed E-state index contributed by atoms with van der Waals surface area (Å²) in [5.41, 5.74) is 1.27. The van der Waals surface area contributed by atoms with Gasteiger partial charge >= 0.3 is 0 Å². The molecule has 0 unspecified atom stereocenters. The third-order valence-corrected chi connectivity index (χ3v) is 3.42. The summed E-state index contributed by atoms with van der Waals surface area (Å²) in [6.45, 7) is 5.16. The van der Waals surface area contributed by atoms with Gasteiger partial charge in [-0.25, -0.2) is 0 Å². The largest absolute Gasteiger partial charge is 0.466 e. The van der Waals surface area contributed by atoms with Gasteiger partial charge in [-0.05, 0) is 38.5 Å². The summed E-state index contributed by atoms with van der Waals surface area (Å²) in [7, 11) is 0. The zero-order chi connectivity index (χ0) is 14.9. The lowest BCUT2D eigenvalue weighted by Gasteiger charge is -2.10. The molecule has 20 heavy (non-hydrogen) atoms. The maximum atomic E-state index is 12.2. The molecule has 0 spiro atoms. The summed E-state index contributed by atoms with van der Waals surface area (Å²) in [5.74, 6) is 0.347. The number of hydrogen-bond donors (Lipinski definition) is 1. The number of aryl methyl sites for hydroxylation is 3. The fourth-order valence-corrected chi connectivity index (χ4v) is 2.30. The molecule has 2 aromatic rings. The highest BCUT2D eigenvalue weighted by Crippen LogP contribution is 2.21.